The predicted octanol–water partition coefficient (Wildman–Crippen LogP) is 4.47. The van der Waals surface area contributed by atoms with Crippen LogP contribution in [-0.2, 0) is 0 Å². The number of hydrogen-bond donors (Lipinski definition) is 0. The van der Waals surface area contributed by atoms with E-state index in [4.69, 9.17) is 4.98 Å². The lowest BCUT2D eigenvalue weighted by Crippen LogP contribution is -2.32. The van der Waals surface area contributed by atoms with Crippen molar-refractivity contribution in [1.82, 2.24) is 15.0 Å². The highest BCUT2D eigenvalue weighted by Crippen LogP contribution is 2.70. The molecule has 3 nitrogen and oxygen atoms in total. The van der Waals surface area contributed by atoms with Gasteiger partial charge in [-0.3, -0.25) is 0 Å². The fourth-order valence-electron chi connectivity index (χ4n) is 4.80. The van der Waals surface area contributed by atoms with E-state index in [2.05, 4.69) is 42.9 Å². The molecule has 4 rings (SSSR count). The molecule has 1 heterocycles. The molecule has 1 aromatic heterocycles. The Hall–Kier alpha value is -1.77. The van der Waals surface area contributed by atoms with Gasteiger partial charge in [-0.05, 0) is 36.0 Å². The molecule has 2 saturated carbocycles. The van der Waals surface area contributed by atoms with Gasteiger partial charge in [-0.15, -0.1) is 0 Å². The molecule has 22 heavy (non-hydrogen) atoms. The Kier molecular flexibility index (Phi) is 2.91. The standard InChI is InChI=1S/C19H23N3/c1-18(2)14-9-10-19(18,3)15(11-14)17-21-12-20-16(22-17)13-7-5-4-6-8-13/h4-8,12,14-15H,9-11H2,1-3H3. The summed E-state index contributed by atoms with van der Waals surface area (Å²) in [5.74, 6) is 3.06. The van der Waals surface area contributed by atoms with Gasteiger partial charge in [0.1, 0.15) is 12.2 Å². The van der Waals surface area contributed by atoms with Gasteiger partial charge in [0.2, 0.25) is 0 Å². The third-order valence-electron chi connectivity index (χ3n) is 6.73. The fraction of sp³-hybridized carbons (Fsp3) is 0.526. The van der Waals surface area contributed by atoms with Gasteiger partial charge in [-0.25, -0.2) is 15.0 Å². The first-order valence-electron chi connectivity index (χ1n) is 8.27. The van der Waals surface area contributed by atoms with Gasteiger partial charge in [-0.2, -0.15) is 0 Å². The number of aromatic nitrogens is 3. The van der Waals surface area contributed by atoms with Gasteiger partial charge in [0.15, 0.2) is 5.82 Å². The van der Waals surface area contributed by atoms with Gasteiger partial charge >= 0.3 is 0 Å². The van der Waals surface area contributed by atoms with E-state index < -0.39 is 0 Å². The van der Waals surface area contributed by atoms with E-state index in [1.54, 1.807) is 6.33 Å². The summed E-state index contributed by atoms with van der Waals surface area (Å²) in [5.41, 5.74) is 1.77. The molecule has 3 heteroatoms. The van der Waals surface area contributed by atoms with Gasteiger partial charge in [-0.1, -0.05) is 51.1 Å². The second-order valence-electron chi connectivity index (χ2n) is 7.70. The maximum Gasteiger partial charge on any atom is 0.163 e. The van der Waals surface area contributed by atoms with Crippen molar-refractivity contribution in [3.05, 3.63) is 42.5 Å². The minimum atomic E-state index is 0.312. The van der Waals surface area contributed by atoms with Crippen LogP contribution in [0.25, 0.3) is 11.4 Å². The molecule has 2 aliphatic rings. The minimum Gasteiger partial charge on any atom is -0.221 e. The van der Waals surface area contributed by atoms with Crippen LogP contribution in [0.15, 0.2) is 36.7 Å². The van der Waals surface area contributed by atoms with Crippen molar-refractivity contribution in [1.29, 1.82) is 0 Å². The molecule has 0 amide bonds. The first-order chi connectivity index (χ1) is 10.5. The third-order valence-corrected chi connectivity index (χ3v) is 6.73. The number of rotatable bonds is 2. The fourth-order valence-corrected chi connectivity index (χ4v) is 4.80. The topological polar surface area (TPSA) is 38.7 Å². The van der Waals surface area contributed by atoms with Crippen LogP contribution < -0.4 is 0 Å². The third kappa shape index (κ3) is 1.77. The molecule has 2 fully saturated rings. The monoisotopic (exact) mass is 293 g/mol. The van der Waals surface area contributed by atoms with E-state index in [0.717, 1.165) is 23.1 Å². The van der Waals surface area contributed by atoms with Crippen LogP contribution in [0.5, 0.6) is 0 Å². The molecule has 114 valence electrons. The number of fused-ring (bicyclic) bond motifs is 2. The summed E-state index contributed by atoms with van der Waals surface area (Å²) in [6.45, 7) is 7.31. The summed E-state index contributed by atoms with van der Waals surface area (Å²) in [7, 11) is 0. The summed E-state index contributed by atoms with van der Waals surface area (Å²) in [4.78, 5) is 13.8. The first kappa shape index (κ1) is 13.9. The molecule has 1 aromatic carbocycles. The highest BCUT2D eigenvalue weighted by molar-refractivity contribution is 5.54. The second kappa shape index (κ2) is 4.61. The molecule has 2 bridgehead atoms. The molecule has 0 N–H and O–H groups in total. The van der Waals surface area contributed by atoms with Crippen molar-refractivity contribution in [3.63, 3.8) is 0 Å². The molecule has 3 unspecified atom stereocenters. The van der Waals surface area contributed by atoms with Crippen LogP contribution >= 0.6 is 0 Å². The molecule has 0 saturated heterocycles. The Morgan fingerprint density at radius 1 is 1.05 bits per heavy atom. The second-order valence-corrected chi connectivity index (χ2v) is 7.70. The average molecular weight is 293 g/mol. The van der Waals surface area contributed by atoms with Gasteiger partial charge in [0, 0.05) is 11.5 Å². The van der Waals surface area contributed by atoms with Crippen molar-refractivity contribution in [3.8, 4) is 11.4 Å². The minimum absolute atomic E-state index is 0.312. The number of benzene rings is 1. The highest BCUT2D eigenvalue weighted by atomic mass is 15.0. The molecule has 0 radical (unpaired) electrons. The largest absolute Gasteiger partial charge is 0.221 e. The lowest BCUT2D eigenvalue weighted by molar-refractivity contribution is 0.131. The Morgan fingerprint density at radius 2 is 1.82 bits per heavy atom. The summed E-state index contributed by atoms with van der Waals surface area (Å²) in [5, 5.41) is 0. The Labute approximate surface area is 132 Å². The number of nitrogens with zero attached hydrogens (tertiary/aromatic N) is 3. The van der Waals surface area contributed by atoms with Crippen molar-refractivity contribution in [2.24, 2.45) is 16.7 Å². The van der Waals surface area contributed by atoms with Crippen LogP contribution in [0.1, 0.15) is 51.8 Å². The van der Waals surface area contributed by atoms with Crippen LogP contribution in [0, 0.1) is 16.7 Å². The van der Waals surface area contributed by atoms with Crippen molar-refractivity contribution in [2.45, 2.75) is 46.0 Å². The van der Waals surface area contributed by atoms with Gasteiger partial charge in [0.25, 0.3) is 0 Å². The average Bonchev–Trinajstić information content (AvgIpc) is 2.89. The highest BCUT2D eigenvalue weighted by Gasteiger charge is 2.62. The summed E-state index contributed by atoms with van der Waals surface area (Å²) in [6.07, 6.45) is 5.56. The SMILES string of the molecule is CC1(C)C2CCC1(C)C(c1ncnc(-c3ccccc3)n1)C2. The normalized spacial score (nSPS) is 32.3. The van der Waals surface area contributed by atoms with E-state index >= 15 is 0 Å². The predicted molar refractivity (Wildman–Crippen MR) is 87.2 cm³/mol. The summed E-state index contributed by atoms with van der Waals surface area (Å²) >= 11 is 0. The van der Waals surface area contributed by atoms with E-state index in [-0.39, 0.29) is 0 Å². The quantitative estimate of drug-likeness (QED) is 0.820. The van der Waals surface area contributed by atoms with Gasteiger partial charge in [0.05, 0.1) is 0 Å². The zero-order valence-corrected chi connectivity index (χ0v) is 13.6. The van der Waals surface area contributed by atoms with Crippen LogP contribution in [0.4, 0.5) is 0 Å². The Morgan fingerprint density at radius 3 is 2.45 bits per heavy atom. The van der Waals surface area contributed by atoms with E-state index in [0.29, 0.717) is 16.7 Å². The summed E-state index contributed by atoms with van der Waals surface area (Å²) < 4.78 is 0. The molecule has 2 aromatic rings. The van der Waals surface area contributed by atoms with Gasteiger partial charge < -0.3 is 0 Å². The Balaban J connectivity index is 1.73. The van der Waals surface area contributed by atoms with Crippen LogP contribution in [-0.4, -0.2) is 15.0 Å². The molecule has 2 aliphatic carbocycles. The van der Waals surface area contributed by atoms with Crippen LogP contribution in [0.2, 0.25) is 0 Å². The summed E-state index contributed by atoms with van der Waals surface area (Å²) in [6, 6.07) is 10.2. The molecule has 0 aliphatic heterocycles. The van der Waals surface area contributed by atoms with E-state index in [9.17, 15) is 0 Å². The van der Waals surface area contributed by atoms with Crippen molar-refractivity contribution in [2.75, 3.05) is 0 Å². The van der Waals surface area contributed by atoms with Crippen LogP contribution in [0.3, 0.4) is 0 Å². The lowest BCUT2D eigenvalue weighted by atomic mass is 9.66. The molecular formula is C19H23N3. The van der Waals surface area contributed by atoms with E-state index in [1.165, 1.54) is 19.3 Å². The maximum absolute atomic E-state index is 4.83. The van der Waals surface area contributed by atoms with E-state index in [1.807, 2.05) is 18.2 Å². The maximum atomic E-state index is 4.83. The molecular weight excluding hydrogens is 270 g/mol. The molecule has 3 atom stereocenters. The zero-order valence-electron chi connectivity index (χ0n) is 13.6. The smallest absolute Gasteiger partial charge is 0.163 e. The molecule has 0 spiro atoms. The van der Waals surface area contributed by atoms with Crippen molar-refractivity contribution >= 4 is 0 Å². The Bertz CT molecular complexity index is 695. The first-order valence-corrected chi connectivity index (χ1v) is 8.27. The van der Waals surface area contributed by atoms with Crippen molar-refractivity contribution < 1.29 is 0 Å². The lowest BCUT2D eigenvalue weighted by Gasteiger charge is -2.38. The zero-order chi connectivity index (χ0) is 15.4. The number of hydrogen-bond acceptors (Lipinski definition) is 3.